The van der Waals surface area contributed by atoms with Crippen LogP contribution in [0.1, 0.15) is 5.56 Å². The number of amidine groups is 1. The van der Waals surface area contributed by atoms with Gasteiger partial charge in [-0.1, -0.05) is 12.1 Å². The van der Waals surface area contributed by atoms with Crippen molar-refractivity contribution in [1.82, 2.24) is 4.98 Å². The monoisotopic (exact) mass is 321 g/mol. The Morgan fingerprint density at radius 2 is 1.95 bits per heavy atom. The third-order valence-electron chi connectivity index (χ3n) is 2.77. The van der Waals surface area contributed by atoms with Gasteiger partial charge in [0.2, 0.25) is 0 Å². The lowest BCUT2D eigenvalue weighted by atomic mass is 10.2. The van der Waals surface area contributed by atoms with E-state index >= 15 is 0 Å². The van der Waals surface area contributed by atoms with E-state index in [-0.39, 0.29) is 16.5 Å². The number of benzene rings is 1. The first-order valence-electron chi connectivity index (χ1n) is 6.19. The highest BCUT2D eigenvalue weighted by molar-refractivity contribution is 8.00. The van der Waals surface area contributed by atoms with E-state index in [4.69, 9.17) is 11.1 Å². The van der Waals surface area contributed by atoms with Crippen LogP contribution in [-0.4, -0.2) is 30.7 Å². The molecular weight excluding hydrogens is 306 g/mol. The van der Waals surface area contributed by atoms with Gasteiger partial charge in [0, 0.05) is 28.6 Å². The third kappa shape index (κ3) is 4.30. The number of rotatable bonds is 6. The molecule has 1 aromatic carbocycles. The van der Waals surface area contributed by atoms with Gasteiger partial charge in [0.05, 0.1) is 10.6 Å². The minimum Gasteiger partial charge on any atom is -0.384 e. The Kier molecular flexibility index (Phi) is 4.98. The standard InChI is InChI=1S/C14H15N3O2S2/c15-14(16)11-2-1-3-13(10-11)21(18,19)9-8-20-12-4-6-17-7-5-12/h1-7,10H,8-9H2,(H3,15,16). The maximum absolute atomic E-state index is 12.3. The van der Waals surface area contributed by atoms with Crippen LogP contribution >= 0.6 is 11.8 Å². The number of hydrogen-bond donors (Lipinski definition) is 2. The second-order valence-corrected chi connectivity index (χ2v) is 7.57. The summed E-state index contributed by atoms with van der Waals surface area (Å²) in [6.45, 7) is 0. The van der Waals surface area contributed by atoms with Crippen molar-refractivity contribution in [2.75, 3.05) is 11.5 Å². The van der Waals surface area contributed by atoms with E-state index in [0.29, 0.717) is 11.3 Å². The molecule has 1 aromatic heterocycles. The van der Waals surface area contributed by atoms with Gasteiger partial charge < -0.3 is 5.73 Å². The molecule has 0 aliphatic heterocycles. The molecule has 5 nitrogen and oxygen atoms in total. The Hall–Kier alpha value is -1.86. The van der Waals surface area contributed by atoms with Crippen molar-refractivity contribution >= 4 is 27.4 Å². The van der Waals surface area contributed by atoms with E-state index in [1.807, 2.05) is 12.1 Å². The van der Waals surface area contributed by atoms with Crippen LogP contribution in [0.3, 0.4) is 0 Å². The van der Waals surface area contributed by atoms with Crippen molar-refractivity contribution in [3.63, 3.8) is 0 Å². The molecule has 2 aromatic rings. The highest BCUT2D eigenvalue weighted by Crippen LogP contribution is 2.19. The lowest BCUT2D eigenvalue weighted by Crippen LogP contribution is -2.13. The summed E-state index contributed by atoms with van der Waals surface area (Å²) in [7, 11) is -3.38. The van der Waals surface area contributed by atoms with E-state index in [1.54, 1.807) is 24.5 Å². The molecule has 3 N–H and O–H groups in total. The molecule has 0 fully saturated rings. The normalized spacial score (nSPS) is 11.2. The zero-order valence-electron chi connectivity index (χ0n) is 11.2. The van der Waals surface area contributed by atoms with E-state index in [9.17, 15) is 8.42 Å². The fraction of sp³-hybridized carbons (Fsp3) is 0.143. The Morgan fingerprint density at radius 3 is 2.62 bits per heavy atom. The van der Waals surface area contributed by atoms with Crippen LogP contribution in [0.4, 0.5) is 0 Å². The molecule has 0 saturated carbocycles. The van der Waals surface area contributed by atoms with Crippen molar-refractivity contribution in [1.29, 1.82) is 5.41 Å². The van der Waals surface area contributed by atoms with Crippen LogP contribution in [0.5, 0.6) is 0 Å². The van der Waals surface area contributed by atoms with Gasteiger partial charge >= 0.3 is 0 Å². The Bertz CT molecular complexity index is 731. The predicted molar refractivity (Wildman–Crippen MR) is 84.5 cm³/mol. The van der Waals surface area contributed by atoms with Crippen LogP contribution in [-0.2, 0) is 9.84 Å². The fourth-order valence-corrected chi connectivity index (χ4v) is 4.27. The summed E-state index contributed by atoms with van der Waals surface area (Å²) < 4.78 is 24.5. The maximum Gasteiger partial charge on any atom is 0.179 e. The first-order chi connectivity index (χ1) is 9.99. The van der Waals surface area contributed by atoms with Crippen LogP contribution < -0.4 is 5.73 Å². The Balaban J connectivity index is 2.05. The minimum absolute atomic E-state index is 0.0291. The average molecular weight is 321 g/mol. The second kappa shape index (κ2) is 6.73. The van der Waals surface area contributed by atoms with Gasteiger partial charge in [-0.15, -0.1) is 11.8 Å². The van der Waals surface area contributed by atoms with Crippen molar-refractivity contribution < 1.29 is 8.42 Å². The van der Waals surface area contributed by atoms with Crippen molar-refractivity contribution in [2.45, 2.75) is 9.79 Å². The molecule has 0 saturated heterocycles. The molecule has 0 radical (unpaired) electrons. The summed E-state index contributed by atoms with van der Waals surface area (Å²) in [6, 6.07) is 9.86. The molecule has 0 bridgehead atoms. The van der Waals surface area contributed by atoms with E-state index in [0.717, 1.165) is 4.90 Å². The summed E-state index contributed by atoms with van der Waals surface area (Å²) in [6.07, 6.45) is 3.35. The zero-order valence-corrected chi connectivity index (χ0v) is 12.8. The van der Waals surface area contributed by atoms with Gasteiger partial charge in [0.25, 0.3) is 0 Å². The predicted octanol–water partition coefficient (Wildman–Crippen LogP) is 1.93. The highest BCUT2D eigenvalue weighted by atomic mass is 32.2. The van der Waals surface area contributed by atoms with Crippen LogP contribution in [0, 0.1) is 5.41 Å². The molecule has 2 rings (SSSR count). The number of nitrogens with zero attached hydrogens (tertiary/aromatic N) is 1. The van der Waals surface area contributed by atoms with Gasteiger partial charge in [-0.3, -0.25) is 10.4 Å². The minimum atomic E-state index is -3.38. The SMILES string of the molecule is N=C(N)c1cccc(S(=O)(=O)CCSc2ccncc2)c1. The van der Waals surface area contributed by atoms with E-state index in [2.05, 4.69) is 4.98 Å². The highest BCUT2D eigenvalue weighted by Gasteiger charge is 2.15. The molecule has 0 atom stereocenters. The summed E-state index contributed by atoms with van der Waals surface area (Å²) in [5.41, 5.74) is 5.80. The number of nitrogen functional groups attached to an aromatic ring is 1. The van der Waals surface area contributed by atoms with Crippen molar-refractivity contribution in [2.24, 2.45) is 5.73 Å². The van der Waals surface area contributed by atoms with Crippen molar-refractivity contribution in [3.05, 3.63) is 54.4 Å². The summed E-state index contributed by atoms with van der Waals surface area (Å²) in [5, 5.41) is 7.36. The zero-order chi connectivity index (χ0) is 15.3. The molecule has 1 heterocycles. The number of nitrogens with one attached hydrogen (secondary N) is 1. The quantitative estimate of drug-likeness (QED) is 0.481. The van der Waals surface area contributed by atoms with Gasteiger partial charge in [0.15, 0.2) is 9.84 Å². The molecule has 0 aliphatic carbocycles. The maximum atomic E-state index is 12.3. The molecule has 21 heavy (non-hydrogen) atoms. The number of aromatic nitrogens is 1. The van der Waals surface area contributed by atoms with Gasteiger partial charge in [-0.25, -0.2) is 8.42 Å². The van der Waals surface area contributed by atoms with Crippen LogP contribution in [0.25, 0.3) is 0 Å². The fourth-order valence-electron chi connectivity index (χ4n) is 1.68. The molecular formula is C14H15N3O2S2. The molecule has 0 amide bonds. The first-order valence-corrected chi connectivity index (χ1v) is 8.83. The first kappa shape index (κ1) is 15.5. The van der Waals surface area contributed by atoms with Gasteiger partial charge in [-0.2, -0.15) is 0 Å². The average Bonchev–Trinajstić information content (AvgIpc) is 2.48. The Labute approximate surface area is 128 Å². The lowest BCUT2D eigenvalue weighted by Gasteiger charge is -2.06. The molecule has 0 spiro atoms. The number of hydrogen-bond acceptors (Lipinski definition) is 5. The molecule has 110 valence electrons. The van der Waals surface area contributed by atoms with Crippen LogP contribution in [0.15, 0.2) is 58.6 Å². The smallest absolute Gasteiger partial charge is 0.179 e. The van der Waals surface area contributed by atoms with Gasteiger partial charge in [-0.05, 0) is 24.3 Å². The van der Waals surface area contributed by atoms with E-state index < -0.39 is 9.84 Å². The number of nitrogens with two attached hydrogens (primary N) is 1. The largest absolute Gasteiger partial charge is 0.384 e. The van der Waals surface area contributed by atoms with Crippen LogP contribution in [0.2, 0.25) is 0 Å². The lowest BCUT2D eigenvalue weighted by molar-refractivity contribution is 0.597. The molecule has 7 heteroatoms. The summed E-state index contributed by atoms with van der Waals surface area (Å²) >= 11 is 1.47. The van der Waals surface area contributed by atoms with Gasteiger partial charge in [0.1, 0.15) is 5.84 Å². The Morgan fingerprint density at radius 1 is 1.24 bits per heavy atom. The molecule has 0 unspecified atom stereocenters. The topological polar surface area (TPSA) is 96.9 Å². The number of thioether (sulfide) groups is 1. The van der Waals surface area contributed by atoms with E-state index in [1.165, 1.54) is 23.9 Å². The second-order valence-electron chi connectivity index (χ2n) is 4.29. The molecule has 0 aliphatic rings. The summed E-state index contributed by atoms with van der Waals surface area (Å²) in [5.74, 6) is 0.344. The third-order valence-corrected chi connectivity index (χ3v) is 5.76. The number of sulfone groups is 1. The summed E-state index contributed by atoms with van der Waals surface area (Å²) in [4.78, 5) is 5.10. The van der Waals surface area contributed by atoms with Crippen molar-refractivity contribution in [3.8, 4) is 0 Å². The number of pyridine rings is 1.